The molecule has 2 rings (SSSR count). The Morgan fingerprint density at radius 2 is 2.25 bits per heavy atom. The van der Waals surface area contributed by atoms with Crippen molar-refractivity contribution in [2.24, 2.45) is 0 Å². The van der Waals surface area contributed by atoms with E-state index in [1.807, 2.05) is 6.92 Å². The normalized spacial score (nSPS) is 14.9. The average Bonchev–Trinajstić information content (AvgIpc) is 3.03. The predicted molar refractivity (Wildman–Crippen MR) is 61.1 cm³/mol. The van der Waals surface area contributed by atoms with E-state index in [2.05, 4.69) is 0 Å². The highest BCUT2D eigenvalue weighted by atomic mass is 35.5. The molecule has 2 nitrogen and oxygen atoms in total. The van der Waals surface area contributed by atoms with E-state index in [0.29, 0.717) is 6.54 Å². The largest absolute Gasteiger partial charge is 0.336 e. The summed E-state index contributed by atoms with van der Waals surface area (Å²) in [4.78, 5) is 13.8. The Bertz CT molecular complexity index is 397. The predicted octanol–water partition coefficient (Wildman–Crippen LogP) is 3.10. The minimum absolute atomic E-state index is 0.00193. The number of carbonyl (C=O) groups excluding carboxylic acids is 1. The molecule has 1 saturated carbocycles. The van der Waals surface area contributed by atoms with E-state index in [4.69, 9.17) is 11.6 Å². The Morgan fingerprint density at radius 1 is 1.56 bits per heavy atom. The van der Waals surface area contributed by atoms with Crippen LogP contribution in [-0.4, -0.2) is 23.4 Å². The van der Waals surface area contributed by atoms with Crippen molar-refractivity contribution in [3.8, 4) is 0 Å². The monoisotopic (exact) mass is 241 g/mol. The summed E-state index contributed by atoms with van der Waals surface area (Å²) in [6.07, 6.45) is 2.01. The zero-order chi connectivity index (χ0) is 11.7. The fraction of sp³-hybridized carbons (Fsp3) is 0.417. The van der Waals surface area contributed by atoms with Crippen molar-refractivity contribution in [1.29, 1.82) is 0 Å². The quantitative estimate of drug-likeness (QED) is 0.796. The van der Waals surface area contributed by atoms with Crippen LogP contribution in [-0.2, 0) is 0 Å². The molecule has 1 aromatic carbocycles. The van der Waals surface area contributed by atoms with Gasteiger partial charge < -0.3 is 4.90 Å². The van der Waals surface area contributed by atoms with Gasteiger partial charge in [0, 0.05) is 12.6 Å². The molecule has 16 heavy (non-hydrogen) atoms. The highest BCUT2D eigenvalue weighted by Gasteiger charge is 2.33. The summed E-state index contributed by atoms with van der Waals surface area (Å²) in [5, 5.41) is 0.184. The lowest BCUT2D eigenvalue weighted by molar-refractivity contribution is 0.0748. The first-order valence-corrected chi connectivity index (χ1v) is 5.78. The van der Waals surface area contributed by atoms with E-state index in [1.165, 1.54) is 12.1 Å². The van der Waals surface area contributed by atoms with Crippen molar-refractivity contribution >= 4 is 17.5 Å². The van der Waals surface area contributed by atoms with E-state index >= 15 is 0 Å². The van der Waals surface area contributed by atoms with Gasteiger partial charge in [0.25, 0.3) is 5.91 Å². The van der Waals surface area contributed by atoms with Gasteiger partial charge in [-0.3, -0.25) is 4.79 Å². The summed E-state index contributed by atoms with van der Waals surface area (Å²) in [7, 11) is 0. The van der Waals surface area contributed by atoms with Gasteiger partial charge in [0.15, 0.2) is 0 Å². The van der Waals surface area contributed by atoms with Crippen LogP contribution in [0.15, 0.2) is 18.2 Å². The van der Waals surface area contributed by atoms with Gasteiger partial charge in [-0.2, -0.15) is 0 Å². The van der Waals surface area contributed by atoms with Gasteiger partial charge in [-0.1, -0.05) is 17.7 Å². The summed E-state index contributed by atoms with van der Waals surface area (Å²) >= 11 is 5.86. The molecule has 0 atom stereocenters. The smallest absolute Gasteiger partial charge is 0.258 e. The third-order valence-electron chi connectivity index (χ3n) is 2.77. The van der Waals surface area contributed by atoms with Crippen LogP contribution in [0.5, 0.6) is 0 Å². The number of carbonyl (C=O) groups is 1. The number of hydrogen-bond acceptors (Lipinski definition) is 1. The number of halogens is 2. The molecule has 0 bridgehead atoms. The fourth-order valence-electron chi connectivity index (χ4n) is 1.80. The number of benzene rings is 1. The van der Waals surface area contributed by atoms with Gasteiger partial charge in [-0.15, -0.1) is 0 Å². The number of amides is 1. The molecule has 0 heterocycles. The van der Waals surface area contributed by atoms with Crippen LogP contribution >= 0.6 is 11.6 Å². The highest BCUT2D eigenvalue weighted by molar-refractivity contribution is 6.33. The lowest BCUT2D eigenvalue weighted by Crippen LogP contribution is -2.33. The highest BCUT2D eigenvalue weighted by Crippen LogP contribution is 2.30. The third-order valence-corrected chi connectivity index (χ3v) is 3.08. The second kappa shape index (κ2) is 4.42. The Balaban J connectivity index is 2.32. The molecule has 86 valence electrons. The van der Waals surface area contributed by atoms with E-state index < -0.39 is 5.82 Å². The van der Waals surface area contributed by atoms with Crippen molar-refractivity contribution in [2.75, 3.05) is 6.54 Å². The maximum absolute atomic E-state index is 13.5. The maximum Gasteiger partial charge on any atom is 0.258 e. The molecule has 1 aliphatic rings. The van der Waals surface area contributed by atoms with Gasteiger partial charge in [-0.05, 0) is 31.9 Å². The summed E-state index contributed by atoms with van der Waals surface area (Å²) in [6, 6.07) is 4.58. The van der Waals surface area contributed by atoms with Crippen LogP contribution in [0.1, 0.15) is 30.1 Å². The molecular formula is C12H13ClFNO. The Hall–Kier alpha value is -1.09. The van der Waals surface area contributed by atoms with E-state index in [9.17, 15) is 9.18 Å². The molecular weight excluding hydrogens is 229 g/mol. The van der Waals surface area contributed by atoms with Gasteiger partial charge in [0.2, 0.25) is 0 Å². The standard InChI is InChI=1S/C12H13ClFNO/c1-2-15(8-6-7-8)12(16)11-9(13)4-3-5-10(11)14/h3-5,8H,2,6-7H2,1H3. The molecule has 1 aliphatic carbocycles. The summed E-state index contributed by atoms with van der Waals surface area (Å²) in [5.74, 6) is -0.843. The summed E-state index contributed by atoms with van der Waals surface area (Å²) in [6.45, 7) is 2.49. The Labute approximate surface area is 99.0 Å². The molecule has 0 saturated heterocycles. The summed E-state index contributed by atoms with van der Waals surface area (Å²) < 4.78 is 13.5. The lowest BCUT2D eigenvalue weighted by atomic mass is 10.2. The maximum atomic E-state index is 13.5. The van der Waals surface area contributed by atoms with Crippen molar-refractivity contribution in [3.05, 3.63) is 34.6 Å². The molecule has 1 fully saturated rings. The van der Waals surface area contributed by atoms with E-state index in [1.54, 1.807) is 11.0 Å². The molecule has 0 aromatic heterocycles. The second-order valence-corrected chi connectivity index (χ2v) is 4.33. The zero-order valence-electron chi connectivity index (χ0n) is 9.04. The minimum Gasteiger partial charge on any atom is -0.336 e. The molecule has 0 radical (unpaired) electrons. The topological polar surface area (TPSA) is 20.3 Å². The SMILES string of the molecule is CCN(C(=O)c1c(F)cccc1Cl)C1CC1. The molecule has 4 heteroatoms. The van der Waals surface area contributed by atoms with Gasteiger partial charge in [0.05, 0.1) is 10.6 Å². The van der Waals surface area contributed by atoms with E-state index in [-0.39, 0.29) is 22.5 Å². The molecule has 0 aliphatic heterocycles. The molecule has 1 amide bonds. The van der Waals surface area contributed by atoms with Crippen molar-refractivity contribution in [1.82, 2.24) is 4.90 Å². The number of rotatable bonds is 3. The van der Waals surface area contributed by atoms with Crippen LogP contribution in [0.4, 0.5) is 4.39 Å². The summed E-state index contributed by atoms with van der Waals surface area (Å²) in [5.41, 5.74) is -0.00193. The van der Waals surface area contributed by atoms with Crippen LogP contribution < -0.4 is 0 Å². The van der Waals surface area contributed by atoms with Gasteiger partial charge in [-0.25, -0.2) is 4.39 Å². The molecule has 0 unspecified atom stereocenters. The van der Waals surface area contributed by atoms with Crippen LogP contribution in [0.2, 0.25) is 5.02 Å². The van der Waals surface area contributed by atoms with Crippen LogP contribution in [0.25, 0.3) is 0 Å². The van der Waals surface area contributed by atoms with Crippen molar-refractivity contribution < 1.29 is 9.18 Å². The Morgan fingerprint density at radius 3 is 2.75 bits per heavy atom. The van der Waals surface area contributed by atoms with Crippen molar-refractivity contribution in [2.45, 2.75) is 25.8 Å². The number of hydrogen-bond donors (Lipinski definition) is 0. The fourth-order valence-corrected chi connectivity index (χ4v) is 2.04. The second-order valence-electron chi connectivity index (χ2n) is 3.92. The van der Waals surface area contributed by atoms with Crippen molar-refractivity contribution in [3.63, 3.8) is 0 Å². The first kappa shape index (κ1) is 11.4. The van der Waals surface area contributed by atoms with Gasteiger partial charge >= 0.3 is 0 Å². The first-order chi connectivity index (χ1) is 7.65. The van der Waals surface area contributed by atoms with Gasteiger partial charge in [0.1, 0.15) is 5.82 Å². The average molecular weight is 242 g/mol. The molecule has 0 N–H and O–H groups in total. The number of nitrogens with zero attached hydrogens (tertiary/aromatic N) is 1. The van der Waals surface area contributed by atoms with E-state index in [0.717, 1.165) is 12.8 Å². The third kappa shape index (κ3) is 2.05. The Kier molecular flexibility index (Phi) is 3.15. The van der Waals surface area contributed by atoms with Crippen LogP contribution in [0.3, 0.4) is 0 Å². The lowest BCUT2D eigenvalue weighted by Gasteiger charge is -2.21. The molecule has 0 spiro atoms. The minimum atomic E-state index is -0.545. The first-order valence-electron chi connectivity index (χ1n) is 5.40. The van der Waals surface area contributed by atoms with Crippen LogP contribution in [0, 0.1) is 5.82 Å². The molecule has 1 aromatic rings. The zero-order valence-corrected chi connectivity index (χ0v) is 9.80.